The molecule has 1 aromatic rings. The number of likely N-dealkylation sites (N-methyl/N-ethyl adjacent to an activating group) is 1. The molecule has 1 fully saturated rings. The molecule has 0 unspecified atom stereocenters. The third kappa shape index (κ3) is 4.32. The molecule has 5 nitrogen and oxygen atoms in total. The number of rotatable bonds is 4. The van der Waals surface area contributed by atoms with Gasteiger partial charge in [-0.1, -0.05) is 6.07 Å². The standard InChI is InChI=1S/C16H21BrN4O/c1-20-11-14(17)8-15(12-20)19-16-3-2-13(9-18-16)10-21-4-6-22-7-5-21/h2-3,8-9,11H,4-7,10,12H2,1H3,(H,18,19). The largest absolute Gasteiger partial charge is 0.379 e. The summed E-state index contributed by atoms with van der Waals surface area (Å²) in [6.45, 7) is 5.45. The number of aromatic nitrogens is 1. The first-order chi connectivity index (χ1) is 10.7. The molecule has 0 spiro atoms. The van der Waals surface area contributed by atoms with Crippen LogP contribution in [0.2, 0.25) is 0 Å². The molecule has 1 N–H and O–H groups in total. The fraction of sp³-hybridized carbons (Fsp3) is 0.438. The Labute approximate surface area is 139 Å². The lowest BCUT2D eigenvalue weighted by atomic mass is 10.2. The maximum Gasteiger partial charge on any atom is 0.130 e. The van der Waals surface area contributed by atoms with Gasteiger partial charge in [0.05, 0.1) is 19.8 Å². The van der Waals surface area contributed by atoms with Gasteiger partial charge < -0.3 is 15.0 Å². The highest BCUT2D eigenvalue weighted by Crippen LogP contribution is 2.19. The molecule has 3 heterocycles. The molecule has 0 radical (unpaired) electrons. The Morgan fingerprint density at radius 3 is 2.82 bits per heavy atom. The van der Waals surface area contributed by atoms with Crippen LogP contribution >= 0.6 is 15.9 Å². The summed E-state index contributed by atoms with van der Waals surface area (Å²) in [6, 6.07) is 4.19. The van der Waals surface area contributed by atoms with Crippen molar-refractivity contribution in [3.63, 3.8) is 0 Å². The van der Waals surface area contributed by atoms with Gasteiger partial charge in [-0.25, -0.2) is 4.98 Å². The lowest BCUT2D eigenvalue weighted by Crippen LogP contribution is -2.35. The molecule has 22 heavy (non-hydrogen) atoms. The van der Waals surface area contributed by atoms with Gasteiger partial charge >= 0.3 is 0 Å². The highest BCUT2D eigenvalue weighted by Gasteiger charge is 2.11. The minimum absolute atomic E-state index is 0.830. The van der Waals surface area contributed by atoms with Gasteiger partial charge in [-0.05, 0) is 33.6 Å². The molecular formula is C16H21BrN4O. The molecule has 1 saturated heterocycles. The Balaban J connectivity index is 1.58. The van der Waals surface area contributed by atoms with Crippen molar-refractivity contribution < 1.29 is 4.74 Å². The van der Waals surface area contributed by atoms with Crippen molar-refractivity contribution in [2.75, 3.05) is 45.2 Å². The number of morpholine rings is 1. The zero-order valence-corrected chi connectivity index (χ0v) is 14.3. The van der Waals surface area contributed by atoms with Crippen LogP contribution in [0.4, 0.5) is 5.82 Å². The van der Waals surface area contributed by atoms with Crippen LogP contribution in [-0.2, 0) is 11.3 Å². The van der Waals surface area contributed by atoms with E-state index in [4.69, 9.17) is 4.74 Å². The van der Waals surface area contributed by atoms with Gasteiger partial charge in [0.15, 0.2) is 0 Å². The van der Waals surface area contributed by atoms with Crippen LogP contribution in [0, 0.1) is 0 Å². The minimum atomic E-state index is 0.830. The minimum Gasteiger partial charge on any atom is -0.379 e. The first-order valence-corrected chi connectivity index (χ1v) is 8.28. The highest BCUT2D eigenvalue weighted by molar-refractivity contribution is 9.11. The summed E-state index contributed by atoms with van der Waals surface area (Å²) < 4.78 is 6.44. The maximum absolute atomic E-state index is 5.37. The molecule has 6 heteroatoms. The molecule has 0 atom stereocenters. The molecule has 0 aliphatic carbocycles. The van der Waals surface area contributed by atoms with E-state index in [0.717, 1.165) is 55.4 Å². The average Bonchev–Trinajstić information content (AvgIpc) is 2.49. The second-order valence-corrected chi connectivity index (χ2v) is 6.58. The highest BCUT2D eigenvalue weighted by atomic mass is 79.9. The lowest BCUT2D eigenvalue weighted by Gasteiger charge is -2.26. The van der Waals surface area contributed by atoms with Crippen molar-refractivity contribution in [2.45, 2.75) is 6.54 Å². The maximum atomic E-state index is 5.37. The van der Waals surface area contributed by atoms with Crippen molar-refractivity contribution >= 4 is 21.7 Å². The van der Waals surface area contributed by atoms with E-state index in [1.807, 2.05) is 12.3 Å². The number of halogens is 1. The van der Waals surface area contributed by atoms with E-state index in [0.29, 0.717) is 0 Å². The van der Waals surface area contributed by atoms with Gasteiger partial charge in [-0.2, -0.15) is 0 Å². The number of anilines is 1. The van der Waals surface area contributed by atoms with E-state index >= 15 is 0 Å². The number of allylic oxidation sites excluding steroid dienone is 2. The predicted molar refractivity (Wildman–Crippen MR) is 91.7 cm³/mol. The number of nitrogens with zero attached hydrogens (tertiary/aromatic N) is 3. The molecule has 1 aromatic heterocycles. The first kappa shape index (κ1) is 15.5. The first-order valence-electron chi connectivity index (χ1n) is 7.49. The van der Waals surface area contributed by atoms with E-state index in [2.05, 4.69) is 61.4 Å². The van der Waals surface area contributed by atoms with Crippen molar-refractivity contribution in [1.29, 1.82) is 0 Å². The molecule has 2 aliphatic rings. The van der Waals surface area contributed by atoms with Crippen LogP contribution in [0.1, 0.15) is 5.56 Å². The van der Waals surface area contributed by atoms with Crippen LogP contribution in [0.5, 0.6) is 0 Å². The fourth-order valence-electron chi connectivity index (χ4n) is 2.62. The number of ether oxygens (including phenoxy) is 1. The normalized spacial score (nSPS) is 19.6. The summed E-state index contributed by atoms with van der Waals surface area (Å²) in [4.78, 5) is 9.05. The number of pyridine rings is 1. The van der Waals surface area contributed by atoms with Gasteiger partial charge in [-0.3, -0.25) is 4.90 Å². The van der Waals surface area contributed by atoms with Gasteiger partial charge in [0.2, 0.25) is 0 Å². The summed E-state index contributed by atoms with van der Waals surface area (Å²) in [7, 11) is 2.05. The number of nitrogens with one attached hydrogen (secondary N) is 1. The molecule has 0 amide bonds. The quantitative estimate of drug-likeness (QED) is 0.888. The molecule has 0 bridgehead atoms. The number of hydrogen-bond acceptors (Lipinski definition) is 5. The second kappa shape index (κ2) is 7.26. The molecule has 118 valence electrons. The Morgan fingerprint density at radius 2 is 2.14 bits per heavy atom. The fourth-order valence-corrected chi connectivity index (χ4v) is 3.25. The smallest absolute Gasteiger partial charge is 0.130 e. The second-order valence-electron chi connectivity index (χ2n) is 5.66. The average molecular weight is 365 g/mol. The molecule has 2 aliphatic heterocycles. The number of hydrogen-bond donors (Lipinski definition) is 1. The molecule has 0 aromatic carbocycles. The van der Waals surface area contributed by atoms with Crippen LogP contribution in [-0.4, -0.2) is 54.7 Å². The van der Waals surface area contributed by atoms with Crippen LogP contribution < -0.4 is 5.32 Å². The van der Waals surface area contributed by atoms with E-state index in [1.165, 1.54) is 5.56 Å². The van der Waals surface area contributed by atoms with E-state index in [1.54, 1.807) is 0 Å². The van der Waals surface area contributed by atoms with Crippen LogP contribution in [0.3, 0.4) is 0 Å². The predicted octanol–water partition coefficient (Wildman–Crippen LogP) is 2.39. The topological polar surface area (TPSA) is 40.6 Å². The van der Waals surface area contributed by atoms with E-state index in [9.17, 15) is 0 Å². The van der Waals surface area contributed by atoms with Gasteiger partial charge in [0, 0.05) is 49.3 Å². The van der Waals surface area contributed by atoms with E-state index in [-0.39, 0.29) is 0 Å². The molecular weight excluding hydrogens is 344 g/mol. The summed E-state index contributed by atoms with van der Waals surface area (Å²) in [5.41, 5.74) is 2.37. The Hall–Kier alpha value is -1.37. The van der Waals surface area contributed by atoms with Gasteiger partial charge in [0.25, 0.3) is 0 Å². The SMILES string of the molecule is CN1C=C(Br)C=C(Nc2ccc(CN3CCOCC3)cn2)C1. The Kier molecular flexibility index (Phi) is 5.12. The summed E-state index contributed by atoms with van der Waals surface area (Å²) in [5.74, 6) is 0.882. The molecule has 0 saturated carbocycles. The zero-order chi connectivity index (χ0) is 15.4. The Morgan fingerprint density at radius 1 is 1.32 bits per heavy atom. The monoisotopic (exact) mass is 364 g/mol. The van der Waals surface area contributed by atoms with Gasteiger partial charge in [-0.15, -0.1) is 0 Å². The van der Waals surface area contributed by atoms with Crippen molar-refractivity contribution in [3.05, 3.63) is 46.3 Å². The van der Waals surface area contributed by atoms with E-state index < -0.39 is 0 Å². The lowest BCUT2D eigenvalue weighted by molar-refractivity contribution is 0.0341. The Bertz CT molecular complexity index is 564. The third-order valence-corrected chi connectivity index (χ3v) is 4.13. The van der Waals surface area contributed by atoms with Crippen molar-refractivity contribution in [3.8, 4) is 0 Å². The summed E-state index contributed by atoms with van der Waals surface area (Å²) in [6.07, 6.45) is 6.10. The zero-order valence-electron chi connectivity index (χ0n) is 12.8. The van der Waals surface area contributed by atoms with Crippen molar-refractivity contribution in [2.24, 2.45) is 0 Å². The van der Waals surface area contributed by atoms with Crippen molar-refractivity contribution in [1.82, 2.24) is 14.8 Å². The summed E-state index contributed by atoms with van der Waals surface area (Å²) >= 11 is 3.52. The van der Waals surface area contributed by atoms with Crippen LogP contribution in [0.25, 0.3) is 0 Å². The van der Waals surface area contributed by atoms with Crippen LogP contribution in [0.15, 0.2) is 40.8 Å². The third-order valence-electron chi connectivity index (χ3n) is 3.70. The van der Waals surface area contributed by atoms with Gasteiger partial charge in [0.1, 0.15) is 5.82 Å². The summed E-state index contributed by atoms with van der Waals surface area (Å²) in [5, 5.41) is 3.38. The molecule has 3 rings (SSSR count).